The van der Waals surface area contributed by atoms with E-state index >= 15 is 0 Å². The first kappa shape index (κ1) is 17.8. The molecule has 0 aromatic carbocycles. The van der Waals surface area contributed by atoms with Crippen LogP contribution in [0.15, 0.2) is 0 Å². The van der Waals surface area contributed by atoms with Crippen molar-refractivity contribution in [1.82, 2.24) is 15.5 Å². The smallest absolute Gasteiger partial charge is 0.0928 e. The summed E-state index contributed by atoms with van der Waals surface area (Å²) >= 11 is 0. The fourth-order valence-corrected chi connectivity index (χ4v) is 1.74. The van der Waals surface area contributed by atoms with Gasteiger partial charge in [-0.2, -0.15) is 0 Å². The van der Waals surface area contributed by atoms with Gasteiger partial charge in [0.25, 0.3) is 0 Å². The molecule has 0 saturated carbocycles. The highest BCUT2D eigenvalue weighted by Crippen LogP contribution is 1.87. The van der Waals surface area contributed by atoms with Gasteiger partial charge in [0.05, 0.1) is 12.7 Å². The topological polar surface area (TPSA) is 45.8 Å². The number of methoxy groups -OCH3 is 2. The highest BCUT2D eigenvalue weighted by atomic mass is 16.5. The highest BCUT2D eigenvalue weighted by molar-refractivity contribution is 4.62. The molecule has 0 fully saturated rings. The van der Waals surface area contributed by atoms with Crippen molar-refractivity contribution in [3.63, 3.8) is 0 Å². The number of rotatable bonds is 13. The maximum absolute atomic E-state index is 5.26. The maximum Gasteiger partial charge on any atom is 0.0928 e. The molecule has 0 aliphatic rings. The summed E-state index contributed by atoms with van der Waals surface area (Å²) < 4.78 is 10.3. The molecule has 0 heterocycles. The van der Waals surface area contributed by atoms with Crippen molar-refractivity contribution in [1.29, 1.82) is 0 Å². The predicted molar refractivity (Wildman–Crippen MR) is 76.2 cm³/mol. The zero-order valence-electron chi connectivity index (χ0n) is 12.5. The number of likely N-dealkylation sites (N-methyl/N-ethyl adjacent to an activating group) is 1. The van der Waals surface area contributed by atoms with Crippen molar-refractivity contribution >= 4 is 0 Å². The van der Waals surface area contributed by atoms with Gasteiger partial charge in [0.15, 0.2) is 0 Å². The summed E-state index contributed by atoms with van der Waals surface area (Å²) in [5.74, 6) is 0. The van der Waals surface area contributed by atoms with E-state index in [1.165, 1.54) is 0 Å². The normalized spacial score (nSPS) is 13.2. The lowest BCUT2D eigenvalue weighted by atomic mass is 10.3. The second kappa shape index (κ2) is 13.2. The molecule has 0 spiro atoms. The first-order valence-corrected chi connectivity index (χ1v) is 6.93. The zero-order chi connectivity index (χ0) is 13.6. The van der Waals surface area contributed by atoms with E-state index in [9.17, 15) is 0 Å². The van der Waals surface area contributed by atoms with E-state index in [0.29, 0.717) is 6.61 Å². The Balaban J connectivity index is 3.29. The lowest BCUT2D eigenvalue weighted by Gasteiger charge is -2.18. The molecule has 0 aromatic rings. The van der Waals surface area contributed by atoms with E-state index in [0.717, 1.165) is 45.8 Å². The molecule has 1 atom stereocenters. The van der Waals surface area contributed by atoms with Crippen molar-refractivity contribution in [2.45, 2.75) is 20.0 Å². The Bertz CT molecular complexity index is 166. The van der Waals surface area contributed by atoms with Gasteiger partial charge >= 0.3 is 0 Å². The van der Waals surface area contributed by atoms with Gasteiger partial charge in [0.1, 0.15) is 0 Å². The van der Waals surface area contributed by atoms with Crippen LogP contribution >= 0.6 is 0 Å². The van der Waals surface area contributed by atoms with Crippen LogP contribution in [0, 0.1) is 0 Å². The molecular formula is C13H31N3O2. The summed E-state index contributed by atoms with van der Waals surface area (Å²) in [5.41, 5.74) is 0. The predicted octanol–water partition coefficient (Wildman–Crippen LogP) is 0.169. The SMILES string of the molecule is CCN(CC)CCNCCNCC(COC)OC. The second-order valence-corrected chi connectivity index (χ2v) is 4.29. The van der Waals surface area contributed by atoms with Crippen LogP contribution in [0.25, 0.3) is 0 Å². The molecule has 5 heteroatoms. The monoisotopic (exact) mass is 261 g/mol. The van der Waals surface area contributed by atoms with Gasteiger partial charge in [-0.05, 0) is 13.1 Å². The van der Waals surface area contributed by atoms with Crippen LogP contribution in [0.2, 0.25) is 0 Å². The summed E-state index contributed by atoms with van der Waals surface area (Å²) in [6.07, 6.45) is 0.144. The van der Waals surface area contributed by atoms with Crippen molar-refractivity contribution in [2.24, 2.45) is 0 Å². The largest absolute Gasteiger partial charge is 0.382 e. The molecule has 5 nitrogen and oxygen atoms in total. The molecule has 18 heavy (non-hydrogen) atoms. The van der Waals surface area contributed by atoms with E-state index in [1.807, 2.05) is 0 Å². The van der Waals surface area contributed by atoms with E-state index in [4.69, 9.17) is 9.47 Å². The standard InChI is InChI=1S/C13H31N3O2/c1-5-16(6-2)10-9-14-7-8-15-11-13(18-4)12-17-3/h13-15H,5-12H2,1-4H3. The zero-order valence-corrected chi connectivity index (χ0v) is 12.5. The van der Waals surface area contributed by atoms with Crippen LogP contribution in [-0.4, -0.2) is 77.6 Å². The van der Waals surface area contributed by atoms with Crippen LogP contribution in [0.5, 0.6) is 0 Å². The average molecular weight is 261 g/mol. The Hall–Kier alpha value is -0.200. The molecule has 0 rings (SSSR count). The minimum absolute atomic E-state index is 0.144. The lowest BCUT2D eigenvalue weighted by molar-refractivity contribution is 0.0291. The van der Waals surface area contributed by atoms with Gasteiger partial charge in [-0.1, -0.05) is 13.8 Å². The quantitative estimate of drug-likeness (QED) is 0.463. The number of ether oxygens (including phenoxy) is 2. The fourth-order valence-electron chi connectivity index (χ4n) is 1.74. The Morgan fingerprint density at radius 1 is 1.00 bits per heavy atom. The summed E-state index contributed by atoms with van der Waals surface area (Å²) in [5, 5.41) is 6.79. The van der Waals surface area contributed by atoms with Crippen molar-refractivity contribution in [3.8, 4) is 0 Å². The maximum atomic E-state index is 5.26. The Morgan fingerprint density at radius 2 is 1.67 bits per heavy atom. The molecule has 1 unspecified atom stereocenters. The third-order valence-corrected chi connectivity index (χ3v) is 3.04. The summed E-state index contributed by atoms with van der Waals surface area (Å²) in [6.45, 7) is 12.3. The second-order valence-electron chi connectivity index (χ2n) is 4.29. The van der Waals surface area contributed by atoms with E-state index < -0.39 is 0 Å². The van der Waals surface area contributed by atoms with E-state index in [-0.39, 0.29) is 6.10 Å². The third kappa shape index (κ3) is 9.79. The molecule has 0 amide bonds. The van der Waals surface area contributed by atoms with Gasteiger partial charge in [-0.3, -0.25) is 0 Å². The first-order valence-electron chi connectivity index (χ1n) is 6.93. The van der Waals surface area contributed by atoms with Crippen molar-refractivity contribution < 1.29 is 9.47 Å². The van der Waals surface area contributed by atoms with Crippen LogP contribution in [-0.2, 0) is 9.47 Å². The van der Waals surface area contributed by atoms with Crippen molar-refractivity contribution in [2.75, 3.05) is 66.6 Å². The molecule has 0 aliphatic carbocycles. The molecule has 110 valence electrons. The number of hydrogen-bond acceptors (Lipinski definition) is 5. The van der Waals surface area contributed by atoms with Gasteiger partial charge in [-0.15, -0.1) is 0 Å². The first-order chi connectivity index (χ1) is 8.78. The summed E-state index contributed by atoms with van der Waals surface area (Å²) in [7, 11) is 3.41. The molecule has 0 radical (unpaired) electrons. The fraction of sp³-hybridized carbons (Fsp3) is 1.00. The number of nitrogens with one attached hydrogen (secondary N) is 2. The van der Waals surface area contributed by atoms with Crippen LogP contribution in [0.4, 0.5) is 0 Å². The van der Waals surface area contributed by atoms with Gasteiger partial charge < -0.3 is 25.0 Å². The van der Waals surface area contributed by atoms with Gasteiger partial charge in [0.2, 0.25) is 0 Å². The molecular weight excluding hydrogens is 230 g/mol. The van der Waals surface area contributed by atoms with Crippen LogP contribution in [0.3, 0.4) is 0 Å². The van der Waals surface area contributed by atoms with Gasteiger partial charge in [0, 0.05) is 46.9 Å². The summed E-state index contributed by atoms with van der Waals surface area (Å²) in [6, 6.07) is 0. The number of hydrogen-bond donors (Lipinski definition) is 2. The Labute approximate surface area is 112 Å². The summed E-state index contributed by atoms with van der Waals surface area (Å²) in [4.78, 5) is 2.42. The average Bonchev–Trinajstić information content (AvgIpc) is 2.40. The molecule has 0 saturated heterocycles. The Kier molecular flexibility index (Phi) is 13.1. The molecule has 0 aromatic heterocycles. The van der Waals surface area contributed by atoms with Crippen LogP contribution in [0.1, 0.15) is 13.8 Å². The molecule has 2 N–H and O–H groups in total. The number of nitrogens with zero attached hydrogens (tertiary/aromatic N) is 1. The lowest BCUT2D eigenvalue weighted by Crippen LogP contribution is -2.38. The highest BCUT2D eigenvalue weighted by Gasteiger charge is 2.04. The van der Waals surface area contributed by atoms with E-state index in [2.05, 4.69) is 29.4 Å². The third-order valence-electron chi connectivity index (χ3n) is 3.04. The molecule has 0 bridgehead atoms. The minimum Gasteiger partial charge on any atom is -0.382 e. The van der Waals surface area contributed by atoms with E-state index in [1.54, 1.807) is 14.2 Å². The molecule has 0 aliphatic heterocycles. The Morgan fingerprint density at radius 3 is 2.22 bits per heavy atom. The van der Waals surface area contributed by atoms with Crippen LogP contribution < -0.4 is 10.6 Å². The van der Waals surface area contributed by atoms with Gasteiger partial charge in [-0.25, -0.2) is 0 Å². The van der Waals surface area contributed by atoms with Crippen molar-refractivity contribution in [3.05, 3.63) is 0 Å². The minimum atomic E-state index is 0.144.